The molecule has 0 aromatic heterocycles. The van der Waals surface area contributed by atoms with E-state index >= 15 is 0 Å². The fourth-order valence-electron chi connectivity index (χ4n) is 1.72. The van der Waals surface area contributed by atoms with Gasteiger partial charge in [-0.25, -0.2) is 5.43 Å². The number of rotatable bonds is 3. The summed E-state index contributed by atoms with van der Waals surface area (Å²) in [6.07, 6.45) is 1.63. The predicted octanol–water partition coefficient (Wildman–Crippen LogP) is 2.92. The van der Waals surface area contributed by atoms with Crippen LogP contribution in [0.2, 0.25) is 0 Å². The number of fused-ring (bicyclic) bond motifs is 1. The maximum atomic E-state index is 11.9. The number of hydrazone groups is 1. The van der Waals surface area contributed by atoms with Crippen LogP contribution < -0.4 is 5.43 Å². The second-order valence-corrected chi connectivity index (χ2v) is 4.68. The van der Waals surface area contributed by atoms with Gasteiger partial charge in [-0.2, -0.15) is 5.10 Å². The Morgan fingerprint density at radius 3 is 2.53 bits per heavy atom. The maximum Gasteiger partial charge on any atom is 0.275 e. The standard InChI is InChI=1S/C15H16N2O2/c1-10(2)9-16-17-15(19)13-7-11-5-3-4-6-12(11)8-14(13)18/h3-10,18H,1-2H3,(H,17,19). The Morgan fingerprint density at radius 2 is 1.89 bits per heavy atom. The van der Waals surface area contributed by atoms with Gasteiger partial charge in [0, 0.05) is 6.21 Å². The van der Waals surface area contributed by atoms with Gasteiger partial charge in [-0.15, -0.1) is 0 Å². The lowest BCUT2D eigenvalue weighted by Gasteiger charge is -2.05. The topological polar surface area (TPSA) is 61.7 Å². The molecule has 0 spiro atoms. The van der Waals surface area contributed by atoms with Crippen LogP contribution >= 0.6 is 0 Å². The molecular weight excluding hydrogens is 240 g/mol. The number of hydrogen-bond donors (Lipinski definition) is 2. The molecule has 98 valence electrons. The molecule has 0 aliphatic heterocycles. The van der Waals surface area contributed by atoms with E-state index in [0.717, 1.165) is 10.8 Å². The molecule has 0 saturated heterocycles. The molecule has 0 aliphatic carbocycles. The Kier molecular flexibility index (Phi) is 3.80. The second-order valence-electron chi connectivity index (χ2n) is 4.68. The Hall–Kier alpha value is -2.36. The van der Waals surface area contributed by atoms with Crippen LogP contribution in [0.3, 0.4) is 0 Å². The average Bonchev–Trinajstić information content (AvgIpc) is 2.37. The average molecular weight is 256 g/mol. The Bertz CT molecular complexity index is 633. The van der Waals surface area contributed by atoms with Crippen molar-refractivity contribution >= 4 is 22.9 Å². The minimum atomic E-state index is -0.417. The molecule has 0 atom stereocenters. The highest BCUT2D eigenvalue weighted by molar-refractivity contribution is 6.01. The lowest BCUT2D eigenvalue weighted by Crippen LogP contribution is -2.18. The molecule has 0 heterocycles. The van der Waals surface area contributed by atoms with Crippen molar-refractivity contribution in [3.8, 4) is 5.75 Å². The van der Waals surface area contributed by atoms with Crippen molar-refractivity contribution in [2.75, 3.05) is 0 Å². The molecule has 2 N–H and O–H groups in total. The van der Waals surface area contributed by atoms with Crippen LogP contribution in [0.1, 0.15) is 24.2 Å². The fourth-order valence-corrected chi connectivity index (χ4v) is 1.72. The predicted molar refractivity (Wildman–Crippen MR) is 76.4 cm³/mol. The van der Waals surface area contributed by atoms with Gasteiger partial charge < -0.3 is 5.11 Å². The molecule has 4 heteroatoms. The van der Waals surface area contributed by atoms with Crippen LogP contribution in [-0.2, 0) is 0 Å². The number of phenols is 1. The van der Waals surface area contributed by atoms with Crippen molar-refractivity contribution in [1.82, 2.24) is 5.43 Å². The maximum absolute atomic E-state index is 11.9. The first-order chi connectivity index (χ1) is 9.08. The summed E-state index contributed by atoms with van der Waals surface area (Å²) in [6, 6.07) is 10.8. The van der Waals surface area contributed by atoms with Crippen LogP contribution in [0.15, 0.2) is 41.5 Å². The van der Waals surface area contributed by atoms with E-state index in [9.17, 15) is 9.90 Å². The molecule has 4 nitrogen and oxygen atoms in total. The molecule has 1 amide bonds. The fraction of sp³-hybridized carbons (Fsp3) is 0.200. The number of amides is 1. The summed E-state index contributed by atoms with van der Waals surface area (Å²) in [5, 5.41) is 15.5. The summed E-state index contributed by atoms with van der Waals surface area (Å²) in [5.41, 5.74) is 2.63. The number of aromatic hydroxyl groups is 1. The molecule has 19 heavy (non-hydrogen) atoms. The highest BCUT2D eigenvalue weighted by atomic mass is 16.3. The van der Waals surface area contributed by atoms with E-state index in [0.29, 0.717) is 0 Å². The first-order valence-corrected chi connectivity index (χ1v) is 6.13. The Morgan fingerprint density at radius 1 is 1.26 bits per heavy atom. The number of carbonyl (C=O) groups is 1. The molecule has 0 saturated carbocycles. The lowest BCUT2D eigenvalue weighted by molar-refractivity contribution is 0.0952. The van der Waals surface area contributed by atoms with Gasteiger partial charge in [0.1, 0.15) is 5.75 Å². The van der Waals surface area contributed by atoms with Crippen LogP contribution in [0.25, 0.3) is 10.8 Å². The summed E-state index contributed by atoms with van der Waals surface area (Å²) in [5.74, 6) is -0.207. The van der Waals surface area contributed by atoms with E-state index in [4.69, 9.17) is 0 Å². The molecule has 2 rings (SSSR count). The molecule has 0 unspecified atom stereocenters. The van der Waals surface area contributed by atoms with E-state index in [1.54, 1.807) is 18.3 Å². The van der Waals surface area contributed by atoms with Crippen molar-refractivity contribution < 1.29 is 9.90 Å². The summed E-state index contributed by atoms with van der Waals surface area (Å²) >= 11 is 0. The summed E-state index contributed by atoms with van der Waals surface area (Å²) in [6.45, 7) is 3.92. The van der Waals surface area contributed by atoms with Gasteiger partial charge in [0.2, 0.25) is 0 Å². The van der Waals surface area contributed by atoms with Crippen molar-refractivity contribution in [3.63, 3.8) is 0 Å². The molecule has 0 aliphatic rings. The van der Waals surface area contributed by atoms with Gasteiger partial charge in [-0.05, 0) is 28.8 Å². The van der Waals surface area contributed by atoms with Crippen molar-refractivity contribution in [2.45, 2.75) is 13.8 Å². The van der Waals surface area contributed by atoms with Gasteiger partial charge in [-0.1, -0.05) is 38.1 Å². The van der Waals surface area contributed by atoms with Crippen molar-refractivity contribution in [2.24, 2.45) is 11.0 Å². The lowest BCUT2D eigenvalue weighted by atomic mass is 10.1. The second kappa shape index (κ2) is 5.52. The Labute approximate surface area is 111 Å². The highest BCUT2D eigenvalue weighted by Gasteiger charge is 2.11. The summed E-state index contributed by atoms with van der Waals surface area (Å²) in [4.78, 5) is 11.9. The third kappa shape index (κ3) is 3.10. The van der Waals surface area contributed by atoms with Crippen LogP contribution in [0.5, 0.6) is 5.75 Å². The van der Waals surface area contributed by atoms with Gasteiger partial charge in [0.25, 0.3) is 5.91 Å². The molecular formula is C15H16N2O2. The zero-order valence-electron chi connectivity index (χ0n) is 10.9. The normalized spacial score (nSPS) is 11.3. The van der Waals surface area contributed by atoms with Gasteiger partial charge >= 0.3 is 0 Å². The highest BCUT2D eigenvalue weighted by Crippen LogP contribution is 2.24. The van der Waals surface area contributed by atoms with E-state index in [2.05, 4.69) is 10.5 Å². The molecule has 0 fully saturated rings. The monoisotopic (exact) mass is 256 g/mol. The minimum Gasteiger partial charge on any atom is -0.507 e. The smallest absolute Gasteiger partial charge is 0.275 e. The largest absolute Gasteiger partial charge is 0.507 e. The quantitative estimate of drug-likeness (QED) is 0.655. The molecule has 0 radical (unpaired) electrons. The first kappa shape index (κ1) is 13.1. The van der Waals surface area contributed by atoms with Gasteiger partial charge in [-0.3, -0.25) is 4.79 Å². The molecule has 2 aromatic carbocycles. The number of nitrogens with one attached hydrogen (secondary N) is 1. The van der Waals surface area contributed by atoms with E-state index < -0.39 is 5.91 Å². The van der Waals surface area contributed by atoms with Crippen LogP contribution in [-0.4, -0.2) is 17.2 Å². The SMILES string of the molecule is CC(C)C=NNC(=O)c1cc2ccccc2cc1O. The zero-order valence-corrected chi connectivity index (χ0v) is 10.9. The zero-order chi connectivity index (χ0) is 13.8. The molecule has 2 aromatic rings. The summed E-state index contributed by atoms with van der Waals surface area (Å²) < 4.78 is 0. The number of carbonyl (C=O) groups excluding carboxylic acids is 1. The van der Waals surface area contributed by atoms with E-state index in [1.807, 2.05) is 38.1 Å². The van der Waals surface area contributed by atoms with E-state index in [1.165, 1.54) is 0 Å². The molecule has 0 bridgehead atoms. The summed E-state index contributed by atoms with van der Waals surface area (Å²) in [7, 11) is 0. The van der Waals surface area contributed by atoms with Crippen molar-refractivity contribution in [3.05, 3.63) is 42.0 Å². The third-order valence-corrected chi connectivity index (χ3v) is 2.65. The van der Waals surface area contributed by atoms with Crippen molar-refractivity contribution in [1.29, 1.82) is 0 Å². The van der Waals surface area contributed by atoms with Gasteiger partial charge in [0.05, 0.1) is 5.56 Å². The van der Waals surface area contributed by atoms with Crippen LogP contribution in [0.4, 0.5) is 0 Å². The number of benzene rings is 2. The first-order valence-electron chi connectivity index (χ1n) is 6.13. The number of hydrogen-bond acceptors (Lipinski definition) is 3. The van der Waals surface area contributed by atoms with E-state index in [-0.39, 0.29) is 17.2 Å². The number of nitrogens with zero attached hydrogens (tertiary/aromatic N) is 1. The Balaban J connectivity index is 2.29. The third-order valence-electron chi connectivity index (χ3n) is 2.65. The van der Waals surface area contributed by atoms with Crippen LogP contribution in [0, 0.1) is 5.92 Å². The van der Waals surface area contributed by atoms with Gasteiger partial charge in [0.15, 0.2) is 0 Å². The number of phenolic OH excluding ortho intramolecular Hbond substituents is 1. The minimum absolute atomic E-state index is 0.0454.